The maximum atomic E-state index is 11.3. The summed E-state index contributed by atoms with van der Waals surface area (Å²) in [7, 11) is 0. The molecule has 0 radical (unpaired) electrons. The van der Waals surface area contributed by atoms with Crippen molar-refractivity contribution in [2.75, 3.05) is 0 Å². The molecule has 0 atom stereocenters. The van der Waals surface area contributed by atoms with Crippen LogP contribution in [0, 0.1) is 0 Å². The molecule has 1 heterocycles. The van der Waals surface area contributed by atoms with Gasteiger partial charge < -0.3 is 9.67 Å². The molecule has 0 bridgehead atoms. The lowest BCUT2D eigenvalue weighted by atomic mass is 10.2. The minimum atomic E-state index is -0.899. The Balaban J connectivity index is 2.15. The van der Waals surface area contributed by atoms with E-state index in [0.717, 1.165) is 20.9 Å². The van der Waals surface area contributed by atoms with Crippen molar-refractivity contribution in [2.24, 2.45) is 0 Å². The second-order valence-electron chi connectivity index (χ2n) is 4.62. The number of hydrogen-bond donors (Lipinski definition) is 1. The van der Waals surface area contributed by atoms with Crippen LogP contribution in [0.15, 0.2) is 59.2 Å². The van der Waals surface area contributed by atoms with E-state index in [-0.39, 0.29) is 0 Å². The average molecular weight is 330 g/mol. The van der Waals surface area contributed by atoms with Crippen LogP contribution in [0.25, 0.3) is 10.9 Å². The number of carbonyl (C=O) groups is 1. The van der Waals surface area contributed by atoms with Crippen molar-refractivity contribution in [3.05, 3.63) is 70.3 Å². The van der Waals surface area contributed by atoms with Gasteiger partial charge in [-0.2, -0.15) is 0 Å². The molecule has 0 amide bonds. The lowest BCUT2D eigenvalue weighted by Gasteiger charge is -2.05. The first-order chi connectivity index (χ1) is 9.65. The van der Waals surface area contributed by atoms with E-state index in [0.29, 0.717) is 12.1 Å². The van der Waals surface area contributed by atoms with Crippen LogP contribution in [0.1, 0.15) is 15.9 Å². The third-order valence-corrected chi connectivity index (χ3v) is 3.76. The number of aromatic carboxylic acids is 1. The van der Waals surface area contributed by atoms with E-state index < -0.39 is 5.97 Å². The Bertz CT molecular complexity index is 778. The van der Waals surface area contributed by atoms with Gasteiger partial charge in [0.15, 0.2) is 0 Å². The zero-order chi connectivity index (χ0) is 14.1. The smallest absolute Gasteiger partial charge is 0.337 e. The predicted molar refractivity (Wildman–Crippen MR) is 82.1 cm³/mol. The molecule has 0 saturated carbocycles. The number of benzene rings is 2. The van der Waals surface area contributed by atoms with Crippen molar-refractivity contribution in [3.63, 3.8) is 0 Å². The molecule has 20 heavy (non-hydrogen) atoms. The van der Waals surface area contributed by atoms with Gasteiger partial charge >= 0.3 is 5.97 Å². The maximum Gasteiger partial charge on any atom is 0.337 e. The van der Waals surface area contributed by atoms with Gasteiger partial charge in [0, 0.05) is 22.6 Å². The van der Waals surface area contributed by atoms with Crippen LogP contribution >= 0.6 is 15.9 Å². The number of nitrogens with zero attached hydrogens (tertiary/aromatic N) is 1. The average Bonchev–Trinajstić information content (AvgIpc) is 2.78. The van der Waals surface area contributed by atoms with Gasteiger partial charge in [-0.15, -0.1) is 0 Å². The Morgan fingerprint density at radius 1 is 1.15 bits per heavy atom. The molecule has 0 unspecified atom stereocenters. The minimum Gasteiger partial charge on any atom is -0.478 e. The normalized spacial score (nSPS) is 10.8. The third kappa shape index (κ3) is 2.34. The second-order valence-corrected chi connectivity index (χ2v) is 5.54. The van der Waals surface area contributed by atoms with E-state index in [4.69, 9.17) is 0 Å². The SMILES string of the molecule is O=C(O)c1cn(Cc2ccccc2)c2cc(Br)ccc12. The molecule has 0 spiro atoms. The summed E-state index contributed by atoms with van der Waals surface area (Å²) < 4.78 is 2.91. The fraction of sp³-hybridized carbons (Fsp3) is 0.0625. The van der Waals surface area contributed by atoms with Crippen molar-refractivity contribution in [1.29, 1.82) is 0 Å². The molecular weight excluding hydrogens is 318 g/mol. The molecule has 1 N–H and O–H groups in total. The number of hydrogen-bond acceptors (Lipinski definition) is 1. The molecule has 3 aromatic rings. The molecule has 3 nitrogen and oxygen atoms in total. The van der Waals surface area contributed by atoms with Crippen molar-refractivity contribution >= 4 is 32.8 Å². The van der Waals surface area contributed by atoms with E-state index in [9.17, 15) is 9.90 Å². The lowest BCUT2D eigenvalue weighted by Crippen LogP contribution is -1.98. The Morgan fingerprint density at radius 3 is 2.60 bits per heavy atom. The van der Waals surface area contributed by atoms with Gasteiger partial charge in [-0.25, -0.2) is 4.79 Å². The van der Waals surface area contributed by atoms with E-state index in [1.165, 1.54) is 0 Å². The molecule has 0 aliphatic heterocycles. The van der Waals surface area contributed by atoms with Crippen molar-refractivity contribution in [1.82, 2.24) is 4.57 Å². The number of fused-ring (bicyclic) bond motifs is 1. The van der Waals surface area contributed by atoms with Gasteiger partial charge in [0.25, 0.3) is 0 Å². The molecule has 2 aromatic carbocycles. The van der Waals surface area contributed by atoms with Gasteiger partial charge in [0.2, 0.25) is 0 Å². The summed E-state index contributed by atoms with van der Waals surface area (Å²) in [6.07, 6.45) is 1.70. The first kappa shape index (κ1) is 12.9. The van der Waals surface area contributed by atoms with Gasteiger partial charge in [0.05, 0.1) is 11.1 Å². The molecule has 0 aliphatic rings. The highest BCUT2D eigenvalue weighted by atomic mass is 79.9. The van der Waals surface area contributed by atoms with Crippen LogP contribution < -0.4 is 0 Å². The van der Waals surface area contributed by atoms with Crippen LogP contribution in [0.5, 0.6) is 0 Å². The van der Waals surface area contributed by atoms with Gasteiger partial charge in [-0.3, -0.25) is 0 Å². The fourth-order valence-corrected chi connectivity index (χ4v) is 2.70. The van der Waals surface area contributed by atoms with Crippen LogP contribution in [0.4, 0.5) is 0 Å². The number of halogens is 1. The third-order valence-electron chi connectivity index (χ3n) is 3.27. The highest BCUT2D eigenvalue weighted by Crippen LogP contribution is 2.26. The molecule has 100 valence electrons. The van der Waals surface area contributed by atoms with E-state index in [1.807, 2.05) is 53.1 Å². The monoisotopic (exact) mass is 329 g/mol. The van der Waals surface area contributed by atoms with Crippen LogP contribution in [-0.2, 0) is 6.54 Å². The van der Waals surface area contributed by atoms with Crippen LogP contribution in [-0.4, -0.2) is 15.6 Å². The van der Waals surface area contributed by atoms with Crippen molar-refractivity contribution in [2.45, 2.75) is 6.54 Å². The van der Waals surface area contributed by atoms with E-state index in [1.54, 1.807) is 6.20 Å². The number of rotatable bonds is 3. The van der Waals surface area contributed by atoms with E-state index in [2.05, 4.69) is 15.9 Å². The van der Waals surface area contributed by atoms with Crippen LogP contribution in [0.3, 0.4) is 0 Å². The molecule has 0 fully saturated rings. The molecule has 0 saturated heterocycles. The summed E-state index contributed by atoms with van der Waals surface area (Å²) in [6, 6.07) is 15.6. The Morgan fingerprint density at radius 2 is 1.90 bits per heavy atom. The Kier molecular flexibility index (Phi) is 3.32. The Labute approximate surface area is 124 Å². The molecule has 0 aliphatic carbocycles. The lowest BCUT2D eigenvalue weighted by molar-refractivity contribution is 0.0699. The van der Waals surface area contributed by atoms with E-state index >= 15 is 0 Å². The number of carboxylic acids is 1. The molecule has 4 heteroatoms. The maximum absolute atomic E-state index is 11.3. The topological polar surface area (TPSA) is 42.2 Å². The van der Waals surface area contributed by atoms with Gasteiger partial charge in [-0.1, -0.05) is 52.3 Å². The summed E-state index contributed by atoms with van der Waals surface area (Å²) in [4.78, 5) is 11.3. The summed E-state index contributed by atoms with van der Waals surface area (Å²) in [5.74, 6) is -0.899. The molecule has 1 aromatic heterocycles. The summed E-state index contributed by atoms with van der Waals surface area (Å²) in [5.41, 5.74) is 2.39. The van der Waals surface area contributed by atoms with Crippen molar-refractivity contribution < 1.29 is 9.90 Å². The molecular formula is C16H12BrNO2. The quantitative estimate of drug-likeness (QED) is 0.784. The first-order valence-corrected chi connectivity index (χ1v) is 7.00. The standard InChI is InChI=1S/C16H12BrNO2/c17-12-6-7-13-14(16(19)20)10-18(15(13)8-12)9-11-4-2-1-3-5-11/h1-8,10H,9H2,(H,19,20). The predicted octanol–water partition coefficient (Wildman–Crippen LogP) is 4.15. The highest BCUT2D eigenvalue weighted by Gasteiger charge is 2.14. The zero-order valence-electron chi connectivity index (χ0n) is 10.6. The largest absolute Gasteiger partial charge is 0.478 e. The highest BCUT2D eigenvalue weighted by molar-refractivity contribution is 9.10. The fourth-order valence-electron chi connectivity index (χ4n) is 2.35. The summed E-state index contributed by atoms with van der Waals surface area (Å²) >= 11 is 3.44. The van der Waals surface area contributed by atoms with Crippen LogP contribution in [0.2, 0.25) is 0 Å². The zero-order valence-corrected chi connectivity index (χ0v) is 12.2. The van der Waals surface area contributed by atoms with Gasteiger partial charge in [0.1, 0.15) is 0 Å². The first-order valence-electron chi connectivity index (χ1n) is 6.21. The number of carboxylic acid groups (broad SMARTS) is 1. The Hall–Kier alpha value is -2.07. The molecule has 3 rings (SSSR count). The number of aromatic nitrogens is 1. The minimum absolute atomic E-state index is 0.337. The van der Waals surface area contributed by atoms with Gasteiger partial charge in [-0.05, 0) is 17.7 Å². The summed E-state index contributed by atoms with van der Waals surface area (Å²) in [6.45, 7) is 0.654. The van der Waals surface area contributed by atoms with Crippen molar-refractivity contribution in [3.8, 4) is 0 Å². The second kappa shape index (κ2) is 5.13. The summed E-state index contributed by atoms with van der Waals surface area (Å²) in [5, 5.41) is 10.1.